The molecule has 0 fully saturated rings. The third kappa shape index (κ3) is 10.9. The van der Waals surface area contributed by atoms with E-state index in [0.29, 0.717) is 11.6 Å². The van der Waals surface area contributed by atoms with Crippen LogP contribution >= 0.6 is 35.6 Å². The summed E-state index contributed by atoms with van der Waals surface area (Å²) in [6.45, 7) is 7.88. The first-order valence-electron chi connectivity index (χ1n) is 8.59. The van der Waals surface area contributed by atoms with Crippen molar-refractivity contribution in [2.24, 2.45) is 4.99 Å². The Morgan fingerprint density at radius 2 is 2.04 bits per heavy atom. The average Bonchev–Trinajstić information content (AvgIpc) is 2.58. The molecule has 0 bridgehead atoms. The van der Waals surface area contributed by atoms with Crippen molar-refractivity contribution < 1.29 is 9.47 Å². The van der Waals surface area contributed by atoms with Crippen molar-refractivity contribution in [2.75, 3.05) is 40.0 Å². The standard InChI is InChI=1S/C18H30ClN3O2.HI/c1-4-20-18(21-11-6-7-12-24-5-2)22-14-17(23-3)15-9-8-10-16(19)13-15;/h8-10,13,17H,4-7,11-12,14H2,1-3H3,(H2,20,21,22);1H. The van der Waals surface area contributed by atoms with Crippen molar-refractivity contribution in [2.45, 2.75) is 32.8 Å². The van der Waals surface area contributed by atoms with Crippen molar-refractivity contribution in [1.29, 1.82) is 0 Å². The molecule has 1 unspecified atom stereocenters. The number of guanidine groups is 1. The maximum absolute atomic E-state index is 6.05. The van der Waals surface area contributed by atoms with Crippen LogP contribution in [0.3, 0.4) is 0 Å². The van der Waals surface area contributed by atoms with E-state index in [0.717, 1.165) is 50.7 Å². The highest BCUT2D eigenvalue weighted by Gasteiger charge is 2.10. The fraction of sp³-hybridized carbons (Fsp3) is 0.611. The van der Waals surface area contributed by atoms with Gasteiger partial charge in [-0.1, -0.05) is 23.7 Å². The topological polar surface area (TPSA) is 54.9 Å². The quantitative estimate of drug-likeness (QED) is 0.216. The largest absolute Gasteiger partial charge is 0.382 e. The van der Waals surface area contributed by atoms with E-state index in [1.54, 1.807) is 7.11 Å². The van der Waals surface area contributed by atoms with Gasteiger partial charge in [-0.2, -0.15) is 0 Å². The number of rotatable bonds is 11. The summed E-state index contributed by atoms with van der Waals surface area (Å²) >= 11 is 6.05. The van der Waals surface area contributed by atoms with E-state index in [1.807, 2.05) is 31.2 Å². The van der Waals surface area contributed by atoms with E-state index in [4.69, 9.17) is 21.1 Å². The van der Waals surface area contributed by atoms with Gasteiger partial charge in [0.15, 0.2) is 5.96 Å². The zero-order valence-corrected chi connectivity index (χ0v) is 18.5. The molecule has 0 aliphatic heterocycles. The summed E-state index contributed by atoms with van der Waals surface area (Å²) in [4.78, 5) is 4.62. The number of aliphatic imine (C=N–C) groups is 1. The Kier molecular flexibility index (Phi) is 15.3. The minimum Gasteiger partial charge on any atom is -0.382 e. The van der Waals surface area contributed by atoms with Crippen LogP contribution in [0.5, 0.6) is 0 Å². The first-order valence-corrected chi connectivity index (χ1v) is 8.97. The van der Waals surface area contributed by atoms with Crippen molar-refractivity contribution in [1.82, 2.24) is 10.6 Å². The number of unbranched alkanes of at least 4 members (excludes halogenated alkanes) is 1. The number of benzene rings is 1. The smallest absolute Gasteiger partial charge is 0.191 e. The summed E-state index contributed by atoms with van der Waals surface area (Å²) in [6.07, 6.45) is 1.98. The van der Waals surface area contributed by atoms with Crippen LogP contribution in [0.2, 0.25) is 5.02 Å². The third-order valence-corrected chi connectivity index (χ3v) is 3.71. The lowest BCUT2D eigenvalue weighted by Crippen LogP contribution is -2.38. The highest BCUT2D eigenvalue weighted by molar-refractivity contribution is 14.0. The van der Waals surface area contributed by atoms with Crippen LogP contribution < -0.4 is 10.6 Å². The lowest BCUT2D eigenvalue weighted by molar-refractivity contribution is 0.111. The van der Waals surface area contributed by atoms with Crippen LogP contribution in [-0.4, -0.2) is 45.9 Å². The molecule has 7 heteroatoms. The molecule has 5 nitrogen and oxygen atoms in total. The van der Waals surface area contributed by atoms with Gasteiger partial charge >= 0.3 is 0 Å². The maximum Gasteiger partial charge on any atom is 0.191 e. The van der Waals surface area contributed by atoms with Gasteiger partial charge in [0.05, 0.1) is 6.54 Å². The van der Waals surface area contributed by atoms with Crippen molar-refractivity contribution in [3.8, 4) is 0 Å². The van der Waals surface area contributed by atoms with Crippen LogP contribution in [0, 0.1) is 0 Å². The summed E-state index contributed by atoms with van der Waals surface area (Å²) in [6, 6.07) is 7.70. The number of halogens is 2. The van der Waals surface area contributed by atoms with Gasteiger partial charge in [0.25, 0.3) is 0 Å². The van der Waals surface area contributed by atoms with E-state index in [-0.39, 0.29) is 30.1 Å². The molecule has 1 atom stereocenters. The maximum atomic E-state index is 6.05. The molecule has 144 valence electrons. The van der Waals surface area contributed by atoms with Crippen molar-refractivity contribution >= 4 is 41.5 Å². The van der Waals surface area contributed by atoms with Gasteiger partial charge in [-0.3, -0.25) is 4.99 Å². The highest BCUT2D eigenvalue weighted by atomic mass is 127. The normalized spacial score (nSPS) is 12.4. The highest BCUT2D eigenvalue weighted by Crippen LogP contribution is 2.20. The molecule has 0 aromatic heterocycles. The molecule has 0 saturated carbocycles. The number of nitrogens with one attached hydrogen (secondary N) is 2. The van der Waals surface area contributed by atoms with Gasteiger partial charge in [0.2, 0.25) is 0 Å². The van der Waals surface area contributed by atoms with Gasteiger partial charge in [0, 0.05) is 38.4 Å². The van der Waals surface area contributed by atoms with E-state index in [9.17, 15) is 0 Å². The molecular weight excluding hydrogens is 453 g/mol. The van der Waals surface area contributed by atoms with Crippen molar-refractivity contribution in [3.05, 3.63) is 34.9 Å². The number of nitrogens with zero attached hydrogens (tertiary/aromatic N) is 1. The summed E-state index contributed by atoms with van der Waals surface area (Å²) in [7, 11) is 1.69. The molecule has 0 amide bonds. The monoisotopic (exact) mass is 483 g/mol. The van der Waals surface area contributed by atoms with E-state index < -0.39 is 0 Å². The number of methoxy groups -OCH3 is 1. The van der Waals surface area contributed by atoms with Crippen LogP contribution in [0.25, 0.3) is 0 Å². The molecule has 0 heterocycles. The Labute approximate surface area is 173 Å². The first kappa shape index (κ1) is 24.4. The molecular formula is C18H31ClIN3O2. The second-order valence-corrected chi connectivity index (χ2v) is 5.77. The Bertz CT molecular complexity index is 489. The first-order chi connectivity index (χ1) is 11.7. The molecule has 1 aromatic rings. The van der Waals surface area contributed by atoms with Gasteiger partial charge < -0.3 is 20.1 Å². The lowest BCUT2D eigenvalue weighted by Gasteiger charge is -2.16. The minimum absolute atomic E-state index is 0. The molecule has 1 rings (SSSR count). The van der Waals surface area contributed by atoms with Crippen molar-refractivity contribution in [3.63, 3.8) is 0 Å². The summed E-state index contributed by atoms with van der Waals surface area (Å²) < 4.78 is 10.9. The molecule has 25 heavy (non-hydrogen) atoms. The average molecular weight is 484 g/mol. The van der Waals surface area contributed by atoms with Gasteiger partial charge in [-0.25, -0.2) is 0 Å². The molecule has 0 spiro atoms. The van der Waals surface area contributed by atoms with Gasteiger partial charge in [-0.15, -0.1) is 24.0 Å². The molecule has 2 N–H and O–H groups in total. The third-order valence-electron chi connectivity index (χ3n) is 3.48. The Balaban J connectivity index is 0.00000576. The number of ether oxygens (including phenoxy) is 2. The Morgan fingerprint density at radius 3 is 2.68 bits per heavy atom. The van der Waals surface area contributed by atoms with Crippen LogP contribution in [0.1, 0.15) is 38.4 Å². The molecule has 0 aliphatic carbocycles. The van der Waals surface area contributed by atoms with Crippen LogP contribution in [0.4, 0.5) is 0 Å². The second kappa shape index (κ2) is 15.7. The van der Waals surface area contributed by atoms with Crippen LogP contribution in [0.15, 0.2) is 29.3 Å². The molecule has 0 radical (unpaired) electrons. The predicted molar refractivity (Wildman–Crippen MR) is 116 cm³/mol. The van der Waals surface area contributed by atoms with E-state index in [2.05, 4.69) is 22.5 Å². The summed E-state index contributed by atoms with van der Waals surface area (Å²) in [5.74, 6) is 0.804. The summed E-state index contributed by atoms with van der Waals surface area (Å²) in [5.41, 5.74) is 1.03. The molecule has 0 aliphatic rings. The van der Waals surface area contributed by atoms with E-state index in [1.165, 1.54) is 0 Å². The molecule has 1 aromatic carbocycles. The number of hydrogen-bond donors (Lipinski definition) is 2. The predicted octanol–water partition coefficient (Wildman–Crippen LogP) is 4.02. The van der Waals surface area contributed by atoms with Gasteiger partial charge in [0.1, 0.15) is 6.10 Å². The zero-order chi connectivity index (χ0) is 17.6. The minimum atomic E-state index is -0.114. The van der Waals surface area contributed by atoms with E-state index >= 15 is 0 Å². The summed E-state index contributed by atoms with van der Waals surface area (Å²) in [5, 5.41) is 7.30. The Morgan fingerprint density at radius 1 is 1.24 bits per heavy atom. The fourth-order valence-electron chi connectivity index (χ4n) is 2.22. The second-order valence-electron chi connectivity index (χ2n) is 5.33. The molecule has 0 saturated heterocycles. The van der Waals surface area contributed by atoms with Crippen LogP contribution in [-0.2, 0) is 9.47 Å². The fourth-order valence-corrected chi connectivity index (χ4v) is 2.42. The lowest BCUT2D eigenvalue weighted by atomic mass is 10.1. The van der Waals surface area contributed by atoms with Gasteiger partial charge in [-0.05, 0) is 44.4 Å². The zero-order valence-electron chi connectivity index (χ0n) is 15.4. The SMILES string of the molecule is CCNC(=NCC(OC)c1cccc(Cl)c1)NCCCCOCC.I. The Hall–Kier alpha value is -0.570. The number of hydrogen-bond acceptors (Lipinski definition) is 3.